The summed E-state index contributed by atoms with van der Waals surface area (Å²) in [5.41, 5.74) is 5.71. The lowest BCUT2D eigenvalue weighted by atomic mass is 10.0. The molecular weight excluding hydrogens is 240 g/mol. The Bertz CT molecular complexity index is 460. The molecule has 0 unspecified atom stereocenters. The number of aromatic nitrogens is 1. The van der Waals surface area contributed by atoms with Gasteiger partial charge in [0.2, 0.25) is 0 Å². The Kier molecular flexibility index (Phi) is 4.50. The molecule has 0 radical (unpaired) electrons. The van der Waals surface area contributed by atoms with Crippen LogP contribution in [0.15, 0.2) is 35.2 Å². The van der Waals surface area contributed by atoms with Gasteiger partial charge >= 0.3 is 0 Å². The van der Waals surface area contributed by atoms with Gasteiger partial charge in [0.25, 0.3) is 0 Å². The Hall–Kier alpha value is -1.19. The lowest BCUT2D eigenvalue weighted by molar-refractivity contribution is 0.467. The van der Waals surface area contributed by atoms with Gasteiger partial charge in [-0.3, -0.25) is 0 Å². The summed E-state index contributed by atoms with van der Waals surface area (Å²) in [7, 11) is 0. The molecule has 3 heteroatoms. The number of nitrogens with one attached hydrogen (secondary N) is 1. The number of thiazole rings is 1. The summed E-state index contributed by atoms with van der Waals surface area (Å²) in [6.07, 6.45) is 0.988. The van der Waals surface area contributed by atoms with Gasteiger partial charge in [0, 0.05) is 11.4 Å². The first-order valence-corrected chi connectivity index (χ1v) is 7.29. The molecule has 2 rings (SSSR count). The van der Waals surface area contributed by atoms with Crippen LogP contribution in [0.1, 0.15) is 36.7 Å². The standard InChI is InChI=1S/C15H20N2S/c1-11(2)17-14(15-9-18-10-16-15)8-13-6-4-12(3)5-7-13/h4-7,9-11,14,17H,8H2,1-3H3/t14-/m0/s1. The highest BCUT2D eigenvalue weighted by atomic mass is 32.1. The summed E-state index contributed by atoms with van der Waals surface area (Å²) in [5, 5.41) is 5.72. The molecule has 0 fully saturated rings. The van der Waals surface area contributed by atoms with Gasteiger partial charge in [-0.1, -0.05) is 43.7 Å². The molecule has 96 valence electrons. The monoisotopic (exact) mass is 260 g/mol. The smallest absolute Gasteiger partial charge is 0.0795 e. The first-order valence-electron chi connectivity index (χ1n) is 6.35. The van der Waals surface area contributed by atoms with E-state index in [9.17, 15) is 0 Å². The second-order valence-electron chi connectivity index (χ2n) is 4.98. The molecular formula is C15H20N2S. The third-order valence-electron chi connectivity index (χ3n) is 2.90. The minimum atomic E-state index is 0.305. The third-order valence-corrected chi connectivity index (χ3v) is 3.51. The van der Waals surface area contributed by atoms with Gasteiger partial charge in [-0.25, -0.2) is 4.98 Å². The van der Waals surface area contributed by atoms with Gasteiger partial charge in [-0.05, 0) is 18.9 Å². The molecule has 0 aliphatic heterocycles. The van der Waals surface area contributed by atoms with Crippen molar-refractivity contribution in [2.45, 2.75) is 39.3 Å². The van der Waals surface area contributed by atoms with Crippen molar-refractivity contribution in [3.8, 4) is 0 Å². The maximum absolute atomic E-state index is 4.44. The zero-order valence-corrected chi connectivity index (χ0v) is 12.0. The van der Waals surface area contributed by atoms with E-state index in [-0.39, 0.29) is 0 Å². The van der Waals surface area contributed by atoms with E-state index in [0.29, 0.717) is 12.1 Å². The maximum atomic E-state index is 4.44. The average Bonchev–Trinajstić information content (AvgIpc) is 2.84. The van der Waals surface area contributed by atoms with Crippen LogP contribution >= 0.6 is 11.3 Å². The van der Waals surface area contributed by atoms with E-state index in [4.69, 9.17) is 0 Å². The van der Waals surface area contributed by atoms with Gasteiger partial charge in [-0.2, -0.15) is 0 Å². The van der Waals surface area contributed by atoms with Crippen LogP contribution in [-0.2, 0) is 6.42 Å². The summed E-state index contributed by atoms with van der Waals surface area (Å²) in [4.78, 5) is 4.44. The van der Waals surface area contributed by atoms with E-state index in [1.165, 1.54) is 11.1 Å². The average molecular weight is 260 g/mol. The van der Waals surface area contributed by atoms with Gasteiger partial charge < -0.3 is 5.32 Å². The first kappa shape index (κ1) is 13.2. The van der Waals surface area contributed by atoms with Crippen molar-refractivity contribution in [1.82, 2.24) is 10.3 Å². The molecule has 0 spiro atoms. The number of hydrogen-bond donors (Lipinski definition) is 1. The summed E-state index contributed by atoms with van der Waals surface area (Å²) in [5.74, 6) is 0. The zero-order valence-electron chi connectivity index (χ0n) is 11.2. The lowest BCUT2D eigenvalue weighted by Gasteiger charge is -2.19. The van der Waals surface area contributed by atoms with Crippen molar-refractivity contribution < 1.29 is 0 Å². The maximum Gasteiger partial charge on any atom is 0.0795 e. The minimum Gasteiger partial charge on any atom is -0.306 e. The number of rotatable bonds is 5. The highest BCUT2D eigenvalue weighted by molar-refractivity contribution is 7.07. The predicted octanol–water partition coefficient (Wildman–Crippen LogP) is 3.73. The Morgan fingerprint density at radius 2 is 1.94 bits per heavy atom. The fourth-order valence-corrected chi connectivity index (χ4v) is 2.61. The summed E-state index contributed by atoms with van der Waals surface area (Å²) >= 11 is 1.66. The van der Waals surface area contributed by atoms with Crippen molar-refractivity contribution in [2.24, 2.45) is 0 Å². The Morgan fingerprint density at radius 1 is 1.22 bits per heavy atom. The number of hydrogen-bond acceptors (Lipinski definition) is 3. The second-order valence-corrected chi connectivity index (χ2v) is 5.70. The van der Waals surface area contributed by atoms with Crippen LogP contribution < -0.4 is 5.32 Å². The third kappa shape index (κ3) is 3.65. The Balaban J connectivity index is 2.12. The Morgan fingerprint density at radius 3 is 2.50 bits per heavy atom. The lowest BCUT2D eigenvalue weighted by Crippen LogP contribution is -2.29. The van der Waals surface area contributed by atoms with Crippen LogP contribution in [0, 0.1) is 6.92 Å². The topological polar surface area (TPSA) is 24.9 Å². The van der Waals surface area contributed by atoms with Crippen molar-refractivity contribution in [2.75, 3.05) is 0 Å². The molecule has 1 N–H and O–H groups in total. The fourth-order valence-electron chi connectivity index (χ4n) is 2.01. The van der Waals surface area contributed by atoms with Crippen LogP contribution in [-0.4, -0.2) is 11.0 Å². The number of aryl methyl sites for hydroxylation is 1. The molecule has 0 aliphatic carbocycles. The molecule has 2 nitrogen and oxygen atoms in total. The molecule has 0 saturated heterocycles. The van der Waals surface area contributed by atoms with Gasteiger partial charge in [0.1, 0.15) is 0 Å². The summed E-state index contributed by atoms with van der Waals surface area (Å²) in [6.45, 7) is 6.47. The van der Waals surface area contributed by atoms with Crippen molar-refractivity contribution in [1.29, 1.82) is 0 Å². The van der Waals surface area contributed by atoms with Crippen molar-refractivity contribution in [3.05, 3.63) is 52.0 Å². The van der Waals surface area contributed by atoms with Crippen LogP contribution in [0.25, 0.3) is 0 Å². The molecule has 0 saturated carbocycles. The van der Waals surface area contributed by atoms with E-state index in [1.807, 2.05) is 5.51 Å². The van der Waals surface area contributed by atoms with Crippen LogP contribution in [0.2, 0.25) is 0 Å². The molecule has 1 atom stereocenters. The zero-order chi connectivity index (χ0) is 13.0. The minimum absolute atomic E-state index is 0.305. The summed E-state index contributed by atoms with van der Waals surface area (Å²) in [6, 6.07) is 9.51. The molecule has 1 aromatic carbocycles. The van der Waals surface area contributed by atoms with Crippen LogP contribution in [0.3, 0.4) is 0 Å². The second kappa shape index (κ2) is 6.12. The molecule has 0 bridgehead atoms. The predicted molar refractivity (Wildman–Crippen MR) is 78.0 cm³/mol. The van der Waals surface area contributed by atoms with Gasteiger partial charge in [0.05, 0.1) is 17.2 Å². The number of nitrogens with zero attached hydrogens (tertiary/aromatic N) is 1. The summed E-state index contributed by atoms with van der Waals surface area (Å²) < 4.78 is 0. The Labute approximate surface area is 113 Å². The highest BCUT2D eigenvalue weighted by Gasteiger charge is 2.14. The molecule has 18 heavy (non-hydrogen) atoms. The van der Waals surface area contributed by atoms with E-state index in [1.54, 1.807) is 11.3 Å². The van der Waals surface area contributed by atoms with Gasteiger partial charge in [-0.15, -0.1) is 11.3 Å². The highest BCUT2D eigenvalue weighted by Crippen LogP contribution is 2.19. The molecule has 1 aromatic heterocycles. The molecule has 0 aliphatic rings. The van der Waals surface area contributed by atoms with Crippen molar-refractivity contribution >= 4 is 11.3 Å². The van der Waals surface area contributed by atoms with Crippen molar-refractivity contribution in [3.63, 3.8) is 0 Å². The largest absolute Gasteiger partial charge is 0.306 e. The van der Waals surface area contributed by atoms with Gasteiger partial charge in [0.15, 0.2) is 0 Å². The molecule has 1 heterocycles. The molecule has 0 amide bonds. The quantitative estimate of drug-likeness (QED) is 0.886. The van der Waals surface area contributed by atoms with E-state index < -0.39 is 0 Å². The van der Waals surface area contributed by atoms with E-state index in [2.05, 4.69) is 60.7 Å². The SMILES string of the molecule is Cc1ccc(C[C@H](NC(C)C)c2cscn2)cc1. The van der Waals surface area contributed by atoms with Crippen LogP contribution in [0.4, 0.5) is 0 Å². The van der Waals surface area contributed by atoms with E-state index in [0.717, 1.165) is 12.1 Å². The fraction of sp³-hybridized carbons (Fsp3) is 0.400. The first-order chi connectivity index (χ1) is 8.65. The van der Waals surface area contributed by atoms with Crippen LogP contribution in [0.5, 0.6) is 0 Å². The normalized spacial score (nSPS) is 12.9. The molecule has 2 aromatic rings. The van der Waals surface area contributed by atoms with E-state index >= 15 is 0 Å². The number of benzene rings is 1.